The van der Waals surface area contributed by atoms with E-state index in [1.54, 1.807) is 6.92 Å². The molecule has 0 aromatic carbocycles. The zero-order valence-corrected chi connectivity index (χ0v) is 12.7. The topological polar surface area (TPSA) is 91.3 Å². The van der Waals surface area contributed by atoms with E-state index >= 15 is 0 Å². The summed E-state index contributed by atoms with van der Waals surface area (Å²) in [6.07, 6.45) is 5.63. The minimum absolute atomic E-state index is 0.101. The van der Waals surface area contributed by atoms with Crippen molar-refractivity contribution in [2.75, 3.05) is 5.32 Å². The van der Waals surface area contributed by atoms with Crippen LogP contribution in [0.3, 0.4) is 0 Å². The van der Waals surface area contributed by atoms with Gasteiger partial charge in [-0.1, -0.05) is 12.8 Å². The van der Waals surface area contributed by atoms with Crippen LogP contribution >= 0.6 is 11.5 Å². The molecular formula is C14H19N3O3S. The SMILES string of the molecule is Cc1nsc(NC(=O)C2CC3CCCCC3N2)c1C(=O)O. The third-order valence-corrected chi connectivity index (χ3v) is 5.35. The minimum Gasteiger partial charge on any atom is -0.478 e. The summed E-state index contributed by atoms with van der Waals surface area (Å²) in [5, 5.41) is 15.6. The zero-order valence-electron chi connectivity index (χ0n) is 11.9. The highest BCUT2D eigenvalue weighted by atomic mass is 32.1. The van der Waals surface area contributed by atoms with Gasteiger partial charge in [0, 0.05) is 6.04 Å². The van der Waals surface area contributed by atoms with E-state index in [-0.39, 0.29) is 17.5 Å². The number of nitrogens with one attached hydrogen (secondary N) is 2. The van der Waals surface area contributed by atoms with Crippen molar-refractivity contribution in [3.05, 3.63) is 11.3 Å². The molecule has 1 aliphatic heterocycles. The van der Waals surface area contributed by atoms with E-state index in [0.717, 1.165) is 24.4 Å². The van der Waals surface area contributed by atoms with Crippen molar-refractivity contribution in [2.45, 2.75) is 51.1 Å². The summed E-state index contributed by atoms with van der Waals surface area (Å²) >= 11 is 1.03. The van der Waals surface area contributed by atoms with Crippen LogP contribution in [0.1, 0.15) is 48.2 Å². The Labute approximate surface area is 127 Å². The van der Waals surface area contributed by atoms with Crippen LogP contribution in [0.15, 0.2) is 0 Å². The van der Waals surface area contributed by atoms with Crippen molar-refractivity contribution in [3.8, 4) is 0 Å². The van der Waals surface area contributed by atoms with Crippen LogP contribution in [0.4, 0.5) is 5.00 Å². The molecule has 3 rings (SSSR count). The van der Waals surface area contributed by atoms with Crippen molar-refractivity contribution < 1.29 is 14.7 Å². The molecule has 0 spiro atoms. The van der Waals surface area contributed by atoms with Crippen molar-refractivity contribution in [3.63, 3.8) is 0 Å². The predicted molar refractivity (Wildman–Crippen MR) is 79.7 cm³/mol. The molecule has 3 N–H and O–H groups in total. The Morgan fingerprint density at radius 2 is 2.14 bits per heavy atom. The fourth-order valence-electron chi connectivity index (χ4n) is 3.43. The van der Waals surface area contributed by atoms with E-state index in [0.29, 0.717) is 22.7 Å². The monoisotopic (exact) mass is 309 g/mol. The highest BCUT2D eigenvalue weighted by Gasteiger charge is 2.38. The fraction of sp³-hybridized carbons (Fsp3) is 0.643. The second-order valence-electron chi connectivity index (χ2n) is 5.87. The van der Waals surface area contributed by atoms with Gasteiger partial charge in [-0.3, -0.25) is 4.79 Å². The standard InChI is InChI=1S/C14H19N3O3S/c1-7-11(14(19)20)13(21-17-7)16-12(18)10-6-8-4-2-3-5-9(8)15-10/h8-10,15H,2-6H2,1H3,(H,16,18)(H,19,20). The Morgan fingerprint density at radius 3 is 2.86 bits per heavy atom. The van der Waals surface area contributed by atoms with Gasteiger partial charge in [-0.15, -0.1) is 0 Å². The molecule has 1 amide bonds. The molecule has 2 fully saturated rings. The van der Waals surface area contributed by atoms with E-state index in [9.17, 15) is 14.7 Å². The van der Waals surface area contributed by atoms with Gasteiger partial charge in [-0.05, 0) is 43.6 Å². The summed E-state index contributed by atoms with van der Waals surface area (Å²) in [6.45, 7) is 1.64. The van der Waals surface area contributed by atoms with Crippen LogP contribution < -0.4 is 10.6 Å². The van der Waals surface area contributed by atoms with Gasteiger partial charge in [0.25, 0.3) is 0 Å². The fourth-order valence-corrected chi connectivity index (χ4v) is 4.22. The minimum atomic E-state index is -1.05. The van der Waals surface area contributed by atoms with Gasteiger partial charge in [0.05, 0.1) is 11.7 Å². The number of carboxylic acid groups (broad SMARTS) is 1. The number of aromatic nitrogens is 1. The molecule has 6 nitrogen and oxygen atoms in total. The third kappa shape index (κ3) is 2.80. The molecule has 3 unspecified atom stereocenters. The molecule has 1 saturated heterocycles. The summed E-state index contributed by atoms with van der Waals surface area (Å²) in [7, 11) is 0. The number of nitrogens with zero attached hydrogens (tertiary/aromatic N) is 1. The van der Waals surface area contributed by atoms with Gasteiger partial charge in [-0.25, -0.2) is 4.79 Å². The average molecular weight is 309 g/mol. The smallest absolute Gasteiger partial charge is 0.340 e. The maximum atomic E-state index is 12.4. The summed E-state index contributed by atoms with van der Waals surface area (Å²) in [5.74, 6) is -0.614. The van der Waals surface area contributed by atoms with Crippen molar-refractivity contribution in [2.24, 2.45) is 5.92 Å². The number of carbonyl (C=O) groups excluding carboxylic acids is 1. The van der Waals surface area contributed by atoms with E-state index in [4.69, 9.17) is 0 Å². The number of anilines is 1. The van der Waals surface area contributed by atoms with Gasteiger partial charge >= 0.3 is 5.97 Å². The highest BCUT2D eigenvalue weighted by Crippen LogP contribution is 2.34. The summed E-state index contributed by atoms with van der Waals surface area (Å²) in [6, 6.07) is 0.221. The molecule has 0 bridgehead atoms. The van der Waals surface area contributed by atoms with Crippen LogP contribution in [-0.4, -0.2) is 33.4 Å². The number of carbonyl (C=O) groups is 2. The van der Waals surface area contributed by atoms with E-state index in [1.165, 1.54) is 19.3 Å². The first-order valence-corrected chi connectivity index (χ1v) is 8.10. The molecule has 3 atom stereocenters. The zero-order chi connectivity index (χ0) is 15.0. The molecular weight excluding hydrogens is 290 g/mol. The molecule has 1 aromatic rings. The van der Waals surface area contributed by atoms with Crippen molar-refractivity contribution >= 4 is 28.4 Å². The largest absolute Gasteiger partial charge is 0.478 e. The molecule has 114 valence electrons. The molecule has 1 saturated carbocycles. The Morgan fingerprint density at radius 1 is 1.38 bits per heavy atom. The van der Waals surface area contributed by atoms with Gasteiger partial charge in [0.2, 0.25) is 5.91 Å². The Kier molecular flexibility index (Phi) is 3.95. The van der Waals surface area contributed by atoms with E-state index < -0.39 is 5.97 Å². The number of fused-ring (bicyclic) bond motifs is 1. The van der Waals surface area contributed by atoms with Gasteiger partial charge in [0.1, 0.15) is 10.6 Å². The number of hydrogen-bond acceptors (Lipinski definition) is 5. The highest BCUT2D eigenvalue weighted by molar-refractivity contribution is 7.11. The van der Waals surface area contributed by atoms with Crippen LogP contribution in [0.2, 0.25) is 0 Å². The lowest BCUT2D eigenvalue weighted by atomic mass is 9.85. The number of aryl methyl sites for hydroxylation is 1. The maximum absolute atomic E-state index is 12.4. The Hall–Kier alpha value is -1.47. The lowest BCUT2D eigenvalue weighted by Gasteiger charge is -2.24. The molecule has 1 aromatic heterocycles. The second-order valence-corrected chi connectivity index (χ2v) is 6.65. The van der Waals surface area contributed by atoms with E-state index in [2.05, 4.69) is 15.0 Å². The van der Waals surface area contributed by atoms with Crippen LogP contribution in [0, 0.1) is 12.8 Å². The quantitative estimate of drug-likeness (QED) is 0.794. The molecule has 2 heterocycles. The van der Waals surface area contributed by atoms with Gasteiger partial charge in [-0.2, -0.15) is 4.37 Å². The number of hydrogen-bond donors (Lipinski definition) is 3. The van der Waals surface area contributed by atoms with Crippen molar-refractivity contribution in [1.82, 2.24) is 9.69 Å². The summed E-state index contributed by atoms with van der Waals surface area (Å²) < 4.78 is 4.02. The normalized spacial score (nSPS) is 28.1. The Balaban J connectivity index is 1.68. The molecule has 0 radical (unpaired) electrons. The molecule has 7 heteroatoms. The van der Waals surface area contributed by atoms with Gasteiger partial charge in [0.15, 0.2) is 0 Å². The lowest BCUT2D eigenvalue weighted by molar-refractivity contribution is -0.117. The molecule has 2 aliphatic rings. The number of carboxylic acids is 1. The maximum Gasteiger partial charge on any atom is 0.340 e. The van der Waals surface area contributed by atoms with Gasteiger partial charge < -0.3 is 15.7 Å². The lowest BCUT2D eigenvalue weighted by Crippen LogP contribution is -2.39. The third-order valence-electron chi connectivity index (χ3n) is 4.49. The second kappa shape index (κ2) is 5.73. The summed E-state index contributed by atoms with van der Waals surface area (Å²) in [4.78, 5) is 23.6. The number of aromatic carboxylic acids is 1. The van der Waals surface area contributed by atoms with Crippen molar-refractivity contribution in [1.29, 1.82) is 0 Å². The predicted octanol–water partition coefficient (Wildman–Crippen LogP) is 2.01. The first-order chi connectivity index (χ1) is 10.1. The first kappa shape index (κ1) is 14.5. The number of amides is 1. The van der Waals surface area contributed by atoms with Crippen LogP contribution in [-0.2, 0) is 4.79 Å². The van der Waals surface area contributed by atoms with E-state index in [1.807, 2.05) is 0 Å². The Bertz CT molecular complexity index is 558. The molecule has 21 heavy (non-hydrogen) atoms. The van der Waals surface area contributed by atoms with Crippen LogP contribution in [0.5, 0.6) is 0 Å². The molecule has 1 aliphatic carbocycles. The average Bonchev–Trinajstić information content (AvgIpc) is 3.02. The first-order valence-electron chi connectivity index (χ1n) is 7.32. The number of rotatable bonds is 3. The summed E-state index contributed by atoms with van der Waals surface area (Å²) in [5.41, 5.74) is 0.541. The van der Waals surface area contributed by atoms with Crippen LogP contribution in [0.25, 0.3) is 0 Å².